The van der Waals surface area contributed by atoms with E-state index >= 15 is 0 Å². The molecule has 0 saturated carbocycles. The third-order valence-electron chi connectivity index (χ3n) is 4.28. The van der Waals surface area contributed by atoms with Gasteiger partial charge in [0, 0.05) is 17.5 Å². The molecule has 1 amide bonds. The molecule has 138 valence electrons. The van der Waals surface area contributed by atoms with Crippen LogP contribution in [0, 0.1) is 0 Å². The summed E-state index contributed by atoms with van der Waals surface area (Å²) in [6, 6.07) is 10.1. The molecule has 27 heavy (non-hydrogen) atoms. The largest absolute Gasteiger partial charge is 0.458 e. The fourth-order valence-corrected chi connectivity index (χ4v) is 3.87. The highest BCUT2D eigenvalue weighted by atomic mass is 35.5. The first-order chi connectivity index (χ1) is 13.2. The summed E-state index contributed by atoms with van der Waals surface area (Å²) in [5.74, 6) is -0.0706. The molecule has 1 fully saturated rings. The summed E-state index contributed by atoms with van der Waals surface area (Å²) in [5, 5.41) is 3.12. The fraction of sp³-hybridized carbons (Fsp3) is 0.263. The van der Waals surface area contributed by atoms with Gasteiger partial charge in [0.2, 0.25) is 0 Å². The first-order valence-corrected chi connectivity index (χ1v) is 9.89. The van der Waals surface area contributed by atoms with Crippen LogP contribution in [0.4, 0.5) is 0 Å². The lowest BCUT2D eigenvalue weighted by molar-refractivity contribution is 0.0511. The molecule has 1 unspecified atom stereocenters. The van der Waals surface area contributed by atoms with E-state index < -0.39 is 0 Å². The zero-order valence-corrected chi connectivity index (χ0v) is 16.0. The molecule has 1 saturated heterocycles. The average molecular weight is 401 g/mol. The number of thiazole rings is 1. The van der Waals surface area contributed by atoms with Gasteiger partial charge in [0.25, 0.3) is 5.91 Å². The van der Waals surface area contributed by atoms with E-state index in [0.29, 0.717) is 23.8 Å². The predicted octanol–water partition coefficient (Wildman–Crippen LogP) is 3.94. The summed E-state index contributed by atoms with van der Waals surface area (Å²) >= 11 is 7.27. The number of ether oxygens (including phenoxy) is 1. The predicted molar refractivity (Wildman–Crippen MR) is 104 cm³/mol. The summed E-state index contributed by atoms with van der Waals surface area (Å²) in [6.07, 6.45) is 4.56. The molecule has 0 radical (unpaired) electrons. The van der Waals surface area contributed by atoms with Gasteiger partial charge < -0.3 is 9.64 Å². The third-order valence-corrected chi connectivity index (χ3v) is 5.36. The van der Waals surface area contributed by atoms with E-state index in [-0.39, 0.29) is 18.0 Å². The zero-order valence-electron chi connectivity index (χ0n) is 14.4. The summed E-state index contributed by atoms with van der Waals surface area (Å²) in [6.45, 7) is 1.18. The highest BCUT2D eigenvalue weighted by molar-refractivity contribution is 7.13. The van der Waals surface area contributed by atoms with Gasteiger partial charge in [-0.2, -0.15) is 0 Å². The minimum absolute atomic E-state index is 0.0706. The number of amides is 1. The maximum absolute atomic E-state index is 12.9. The number of rotatable bonds is 4. The molecule has 1 aliphatic rings. The van der Waals surface area contributed by atoms with Gasteiger partial charge in [-0.1, -0.05) is 41.9 Å². The molecule has 3 aromatic rings. The second-order valence-electron chi connectivity index (χ2n) is 6.22. The number of carbonyl (C=O) groups excluding carboxylic acids is 1. The van der Waals surface area contributed by atoms with Crippen LogP contribution in [0.2, 0.25) is 5.02 Å². The Morgan fingerprint density at radius 2 is 2.00 bits per heavy atom. The SMILES string of the molecule is O=C(c1csc(-c2ccccc2)n1)N1CCCC(Oc2ncc(Cl)cn2)C1. The Bertz CT molecular complexity index is 917. The van der Waals surface area contributed by atoms with Crippen molar-refractivity contribution < 1.29 is 9.53 Å². The number of piperidine rings is 1. The van der Waals surface area contributed by atoms with E-state index in [1.54, 1.807) is 4.90 Å². The van der Waals surface area contributed by atoms with Crippen molar-refractivity contribution in [1.29, 1.82) is 0 Å². The number of hydrogen-bond acceptors (Lipinski definition) is 6. The molecule has 1 aromatic carbocycles. The van der Waals surface area contributed by atoms with Gasteiger partial charge in [-0.15, -0.1) is 11.3 Å². The third kappa shape index (κ3) is 4.26. The Kier molecular flexibility index (Phi) is 5.31. The standard InChI is InChI=1S/C19H17ClN4O2S/c20-14-9-21-19(22-10-14)26-15-7-4-8-24(11-15)18(25)16-12-27-17(23-16)13-5-2-1-3-6-13/h1-3,5-6,9-10,12,15H,4,7-8,11H2. The Morgan fingerprint density at radius 3 is 2.78 bits per heavy atom. The molecule has 4 rings (SSSR count). The molecule has 0 N–H and O–H groups in total. The minimum atomic E-state index is -0.142. The molecule has 1 aliphatic heterocycles. The minimum Gasteiger partial charge on any atom is -0.458 e. The van der Waals surface area contributed by atoms with E-state index in [1.165, 1.54) is 23.7 Å². The Morgan fingerprint density at radius 1 is 1.22 bits per heavy atom. The summed E-state index contributed by atoms with van der Waals surface area (Å²) in [7, 11) is 0. The molecule has 6 nitrogen and oxygen atoms in total. The van der Waals surface area contributed by atoms with Gasteiger partial charge in [0.05, 0.1) is 24.0 Å². The van der Waals surface area contributed by atoms with Crippen LogP contribution in [0.5, 0.6) is 6.01 Å². The number of halogens is 1. The van der Waals surface area contributed by atoms with Gasteiger partial charge >= 0.3 is 6.01 Å². The van der Waals surface area contributed by atoms with Gasteiger partial charge in [0.1, 0.15) is 16.8 Å². The number of aromatic nitrogens is 3. The molecular weight excluding hydrogens is 384 g/mol. The number of carbonyl (C=O) groups is 1. The van der Waals surface area contributed by atoms with E-state index in [2.05, 4.69) is 15.0 Å². The lowest BCUT2D eigenvalue weighted by atomic mass is 10.1. The van der Waals surface area contributed by atoms with Gasteiger partial charge in [-0.25, -0.2) is 15.0 Å². The van der Waals surface area contributed by atoms with Crippen molar-refractivity contribution in [3.63, 3.8) is 0 Å². The second-order valence-corrected chi connectivity index (χ2v) is 7.52. The van der Waals surface area contributed by atoms with E-state index in [9.17, 15) is 4.79 Å². The molecule has 2 aromatic heterocycles. The molecule has 3 heterocycles. The monoisotopic (exact) mass is 400 g/mol. The molecule has 0 bridgehead atoms. The average Bonchev–Trinajstić information content (AvgIpc) is 3.20. The van der Waals surface area contributed by atoms with Gasteiger partial charge in [0.15, 0.2) is 0 Å². The van der Waals surface area contributed by atoms with Crippen LogP contribution in [-0.4, -0.2) is 45.0 Å². The van der Waals surface area contributed by atoms with Crippen LogP contribution in [-0.2, 0) is 0 Å². The maximum atomic E-state index is 12.9. The molecular formula is C19H17ClN4O2S. The van der Waals surface area contributed by atoms with E-state index in [1.807, 2.05) is 35.7 Å². The van der Waals surface area contributed by atoms with Crippen LogP contribution < -0.4 is 4.74 Å². The van der Waals surface area contributed by atoms with Crippen LogP contribution in [0.1, 0.15) is 23.3 Å². The van der Waals surface area contributed by atoms with Crippen molar-refractivity contribution >= 4 is 28.8 Å². The van der Waals surface area contributed by atoms with Gasteiger partial charge in [-0.3, -0.25) is 4.79 Å². The molecule has 0 spiro atoms. The van der Waals surface area contributed by atoms with Crippen molar-refractivity contribution in [3.05, 3.63) is 58.8 Å². The molecule has 8 heteroatoms. The summed E-state index contributed by atoms with van der Waals surface area (Å²) < 4.78 is 5.81. The van der Waals surface area contributed by atoms with E-state index in [0.717, 1.165) is 23.4 Å². The summed E-state index contributed by atoms with van der Waals surface area (Å²) in [4.78, 5) is 27.3. The molecule has 0 aliphatic carbocycles. The van der Waals surface area contributed by atoms with Gasteiger partial charge in [-0.05, 0) is 12.8 Å². The Labute approximate surface area is 165 Å². The van der Waals surface area contributed by atoms with Crippen molar-refractivity contribution in [2.75, 3.05) is 13.1 Å². The number of nitrogens with zero attached hydrogens (tertiary/aromatic N) is 4. The lowest BCUT2D eigenvalue weighted by Gasteiger charge is -2.31. The summed E-state index contributed by atoms with van der Waals surface area (Å²) in [5.41, 5.74) is 1.49. The highest BCUT2D eigenvalue weighted by Gasteiger charge is 2.27. The topological polar surface area (TPSA) is 68.2 Å². The van der Waals surface area contributed by atoms with Crippen LogP contribution in [0.15, 0.2) is 48.1 Å². The second kappa shape index (κ2) is 8.02. The zero-order chi connectivity index (χ0) is 18.6. The van der Waals surface area contributed by atoms with Crippen molar-refractivity contribution in [1.82, 2.24) is 19.9 Å². The quantitative estimate of drug-likeness (QED) is 0.663. The normalized spacial score (nSPS) is 16.9. The lowest BCUT2D eigenvalue weighted by Crippen LogP contribution is -2.44. The first kappa shape index (κ1) is 17.9. The van der Waals surface area contributed by atoms with Crippen molar-refractivity contribution in [2.45, 2.75) is 18.9 Å². The molecule has 1 atom stereocenters. The van der Waals surface area contributed by atoms with Crippen molar-refractivity contribution in [2.24, 2.45) is 0 Å². The Hall–Kier alpha value is -2.51. The smallest absolute Gasteiger partial charge is 0.316 e. The van der Waals surface area contributed by atoms with Crippen LogP contribution in [0.25, 0.3) is 10.6 Å². The van der Waals surface area contributed by atoms with Crippen LogP contribution in [0.3, 0.4) is 0 Å². The Balaban J connectivity index is 1.43. The highest BCUT2D eigenvalue weighted by Crippen LogP contribution is 2.25. The first-order valence-electron chi connectivity index (χ1n) is 8.63. The van der Waals surface area contributed by atoms with Crippen molar-refractivity contribution in [3.8, 4) is 16.6 Å². The fourth-order valence-electron chi connectivity index (χ4n) is 2.98. The maximum Gasteiger partial charge on any atom is 0.316 e. The van der Waals surface area contributed by atoms with E-state index in [4.69, 9.17) is 16.3 Å². The van der Waals surface area contributed by atoms with Crippen LogP contribution >= 0.6 is 22.9 Å². The number of likely N-dealkylation sites (tertiary alicyclic amines) is 1. The number of hydrogen-bond donors (Lipinski definition) is 0. The number of benzene rings is 1.